The Balaban J connectivity index is 1.78. The Morgan fingerprint density at radius 1 is 1.40 bits per heavy atom. The molecule has 2 N–H and O–H groups in total. The van der Waals surface area contributed by atoms with E-state index in [2.05, 4.69) is 30.5 Å². The lowest BCUT2D eigenvalue weighted by molar-refractivity contribution is 0.218. The van der Waals surface area contributed by atoms with Gasteiger partial charge in [0, 0.05) is 37.3 Å². The molecular weight excluding hydrogens is 254 g/mol. The average Bonchev–Trinajstić information content (AvgIpc) is 3.16. The van der Waals surface area contributed by atoms with Gasteiger partial charge < -0.3 is 14.7 Å². The van der Waals surface area contributed by atoms with E-state index in [-0.39, 0.29) is 6.61 Å². The van der Waals surface area contributed by atoms with Crippen LogP contribution in [0, 0.1) is 0 Å². The van der Waals surface area contributed by atoms with Crippen molar-refractivity contribution < 1.29 is 5.11 Å². The average molecular weight is 271 g/mol. The zero-order valence-electron chi connectivity index (χ0n) is 11.2. The highest BCUT2D eigenvalue weighted by molar-refractivity contribution is 6.00. The van der Waals surface area contributed by atoms with Gasteiger partial charge in [0.25, 0.3) is 0 Å². The number of aromatic nitrogens is 4. The summed E-state index contributed by atoms with van der Waals surface area (Å²) in [5.41, 5.74) is 3.01. The van der Waals surface area contributed by atoms with E-state index >= 15 is 0 Å². The third-order valence-corrected chi connectivity index (χ3v) is 4.18. The van der Waals surface area contributed by atoms with Crippen LogP contribution in [-0.4, -0.2) is 55.8 Å². The summed E-state index contributed by atoms with van der Waals surface area (Å²) in [5, 5.41) is 10.2. The van der Waals surface area contributed by atoms with Gasteiger partial charge in [0.15, 0.2) is 0 Å². The van der Waals surface area contributed by atoms with Crippen LogP contribution in [0.15, 0.2) is 24.8 Å². The molecule has 0 unspecified atom stereocenters. The van der Waals surface area contributed by atoms with Crippen molar-refractivity contribution >= 4 is 22.1 Å². The van der Waals surface area contributed by atoms with Gasteiger partial charge in [-0.05, 0) is 12.5 Å². The fourth-order valence-corrected chi connectivity index (χ4v) is 3.19. The summed E-state index contributed by atoms with van der Waals surface area (Å²) in [7, 11) is 0. The fourth-order valence-electron chi connectivity index (χ4n) is 3.19. The number of nitrogens with one attached hydrogen (secondary N) is 1. The minimum Gasteiger partial charge on any atom is -0.395 e. The molecule has 6 nitrogen and oxygen atoms in total. The highest BCUT2D eigenvalue weighted by Gasteiger charge is 2.25. The van der Waals surface area contributed by atoms with Gasteiger partial charge in [-0.3, -0.25) is 4.90 Å². The van der Waals surface area contributed by atoms with E-state index < -0.39 is 0 Å². The van der Waals surface area contributed by atoms with Gasteiger partial charge in [0.2, 0.25) is 0 Å². The summed E-state index contributed by atoms with van der Waals surface area (Å²) in [6.07, 6.45) is 6.76. The minimum atomic E-state index is 0.226. The van der Waals surface area contributed by atoms with Gasteiger partial charge in [-0.2, -0.15) is 0 Å². The molecule has 1 atom stereocenters. The van der Waals surface area contributed by atoms with Crippen molar-refractivity contribution in [3.05, 3.63) is 24.8 Å². The van der Waals surface area contributed by atoms with E-state index in [1.807, 2.05) is 18.7 Å². The molecule has 104 valence electrons. The van der Waals surface area contributed by atoms with Crippen molar-refractivity contribution in [2.75, 3.05) is 26.2 Å². The van der Waals surface area contributed by atoms with Crippen molar-refractivity contribution in [3.63, 3.8) is 0 Å². The zero-order chi connectivity index (χ0) is 13.5. The van der Waals surface area contributed by atoms with Crippen LogP contribution in [0.3, 0.4) is 0 Å². The normalized spacial score (nSPS) is 20.4. The number of nitrogens with zero attached hydrogens (tertiary/aromatic N) is 4. The second-order valence-corrected chi connectivity index (χ2v) is 5.35. The van der Waals surface area contributed by atoms with Crippen LogP contribution in [0.2, 0.25) is 0 Å². The van der Waals surface area contributed by atoms with Crippen LogP contribution in [0.5, 0.6) is 0 Å². The number of H-pyrrole nitrogens is 1. The van der Waals surface area contributed by atoms with Crippen LogP contribution in [-0.2, 0) is 0 Å². The molecule has 1 saturated heterocycles. The molecule has 0 aliphatic carbocycles. The van der Waals surface area contributed by atoms with Gasteiger partial charge in [0.1, 0.15) is 11.2 Å². The van der Waals surface area contributed by atoms with Gasteiger partial charge in [-0.25, -0.2) is 9.97 Å². The number of imidazole rings is 1. The molecule has 1 aliphatic heterocycles. The molecule has 0 bridgehead atoms. The quantitative estimate of drug-likeness (QED) is 0.750. The van der Waals surface area contributed by atoms with Gasteiger partial charge in [0.05, 0.1) is 24.6 Å². The predicted octanol–water partition coefficient (Wildman–Crippen LogP) is 1.15. The minimum absolute atomic E-state index is 0.226. The molecule has 6 heteroatoms. The lowest BCUT2D eigenvalue weighted by Crippen LogP contribution is -2.24. The summed E-state index contributed by atoms with van der Waals surface area (Å²) >= 11 is 0. The molecule has 0 saturated carbocycles. The Kier molecular flexibility index (Phi) is 2.71. The third kappa shape index (κ3) is 1.72. The molecule has 1 aliphatic rings. The molecule has 0 aromatic carbocycles. The first-order chi connectivity index (χ1) is 9.86. The van der Waals surface area contributed by atoms with E-state index in [1.54, 1.807) is 0 Å². The van der Waals surface area contributed by atoms with Crippen LogP contribution in [0.4, 0.5) is 0 Å². The number of β-amino-alcohol motifs (C(OH)–C–C–N with tert-alkyl or cyclic N) is 1. The number of hydrogen-bond donors (Lipinski definition) is 2. The van der Waals surface area contributed by atoms with Crippen molar-refractivity contribution in [3.8, 4) is 0 Å². The van der Waals surface area contributed by atoms with E-state index in [1.165, 1.54) is 0 Å². The molecule has 3 aromatic rings. The summed E-state index contributed by atoms with van der Waals surface area (Å²) in [6, 6.07) is 2.48. The van der Waals surface area contributed by atoms with Crippen molar-refractivity contribution in [2.45, 2.75) is 12.5 Å². The molecule has 0 radical (unpaired) electrons. The van der Waals surface area contributed by atoms with Crippen LogP contribution >= 0.6 is 0 Å². The van der Waals surface area contributed by atoms with Crippen molar-refractivity contribution in [1.82, 2.24) is 24.4 Å². The monoisotopic (exact) mass is 271 g/mol. The van der Waals surface area contributed by atoms with Crippen LogP contribution in [0.25, 0.3) is 22.1 Å². The maximum atomic E-state index is 9.06. The predicted molar refractivity (Wildman–Crippen MR) is 76.6 cm³/mol. The van der Waals surface area contributed by atoms with Crippen molar-refractivity contribution in [2.24, 2.45) is 0 Å². The number of likely N-dealkylation sites (tertiary alicyclic amines) is 1. The Hall–Kier alpha value is -1.92. The Morgan fingerprint density at radius 2 is 2.35 bits per heavy atom. The first-order valence-corrected chi connectivity index (χ1v) is 6.98. The second kappa shape index (κ2) is 4.57. The van der Waals surface area contributed by atoms with Crippen molar-refractivity contribution in [1.29, 1.82) is 0 Å². The highest BCUT2D eigenvalue weighted by atomic mass is 16.3. The zero-order valence-corrected chi connectivity index (χ0v) is 11.2. The highest BCUT2D eigenvalue weighted by Crippen LogP contribution is 2.29. The van der Waals surface area contributed by atoms with Crippen LogP contribution < -0.4 is 0 Å². The van der Waals surface area contributed by atoms with E-state index in [0.717, 1.165) is 48.1 Å². The molecule has 4 rings (SSSR count). The first-order valence-electron chi connectivity index (χ1n) is 6.98. The standard InChI is InChI=1S/C14H17N5O/c20-6-5-18-4-2-10(8-18)19-9-17-12-7-16-14-11(13(12)19)1-3-15-14/h1,3,7,9-10,20H,2,4-6,8H2,(H,15,16)/t10-/m1/s1. The summed E-state index contributed by atoms with van der Waals surface area (Å²) in [5.74, 6) is 0. The number of aliphatic hydroxyl groups is 1. The SMILES string of the molecule is OCCN1CC[C@@H](n2cnc3cnc4[nH]ccc4c32)C1. The van der Waals surface area contributed by atoms with Crippen LogP contribution in [0.1, 0.15) is 12.5 Å². The smallest absolute Gasteiger partial charge is 0.139 e. The molecule has 0 amide bonds. The van der Waals surface area contributed by atoms with E-state index in [9.17, 15) is 0 Å². The number of hydrogen-bond acceptors (Lipinski definition) is 4. The maximum Gasteiger partial charge on any atom is 0.139 e. The lowest BCUT2D eigenvalue weighted by atomic mass is 10.2. The number of rotatable bonds is 3. The summed E-state index contributed by atoms with van der Waals surface area (Å²) < 4.78 is 2.27. The number of pyridine rings is 1. The van der Waals surface area contributed by atoms with Gasteiger partial charge >= 0.3 is 0 Å². The second-order valence-electron chi connectivity index (χ2n) is 5.35. The fraction of sp³-hybridized carbons (Fsp3) is 0.429. The number of fused-ring (bicyclic) bond motifs is 3. The Morgan fingerprint density at radius 3 is 3.25 bits per heavy atom. The lowest BCUT2D eigenvalue weighted by Gasteiger charge is -2.16. The first kappa shape index (κ1) is 11.9. The summed E-state index contributed by atoms with van der Waals surface area (Å²) in [6.45, 7) is 2.99. The number of aliphatic hydroxyl groups excluding tert-OH is 1. The molecular formula is C14H17N5O. The Labute approximate surface area is 116 Å². The molecule has 0 spiro atoms. The van der Waals surface area contributed by atoms with Gasteiger partial charge in [-0.1, -0.05) is 0 Å². The molecule has 1 fully saturated rings. The van der Waals surface area contributed by atoms with Gasteiger partial charge in [-0.15, -0.1) is 0 Å². The molecule has 3 aromatic heterocycles. The largest absolute Gasteiger partial charge is 0.395 e. The number of aromatic amines is 1. The maximum absolute atomic E-state index is 9.06. The Bertz CT molecular complexity index is 746. The van der Waals surface area contributed by atoms with E-state index in [4.69, 9.17) is 5.11 Å². The molecule has 4 heterocycles. The van der Waals surface area contributed by atoms with E-state index in [0.29, 0.717) is 6.04 Å². The third-order valence-electron chi connectivity index (χ3n) is 4.18. The summed E-state index contributed by atoms with van der Waals surface area (Å²) in [4.78, 5) is 14.3. The topological polar surface area (TPSA) is 70.0 Å². The molecule has 20 heavy (non-hydrogen) atoms.